The summed E-state index contributed by atoms with van der Waals surface area (Å²) in [5.41, 5.74) is 3.84. The molecule has 2 amide bonds. The minimum absolute atomic E-state index is 0.106. The fourth-order valence-corrected chi connectivity index (χ4v) is 3.22. The maximum atomic E-state index is 12.2. The SMILES string of the molecule is CCCCOc1ccc2ccccc2c1C=NNC(=O)CCNC(=O)c1ccc(OC)cc1. The van der Waals surface area contributed by atoms with Crippen molar-refractivity contribution in [1.82, 2.24) is 10.7 Å². The van der Waals surface area contributed by atoms with Crippen molar-refractivity contribution >= 4 is 28.8 Å². The molecule has 33 heavy (non-hydrogen) atoms. The summed E-state index contributed by atoms with van der Waals surface area (Å²) in [6.07, 6.45) is 3.72. The predicted octanol–water partition coefficient (Wildman–Crippen LogP) is 4.30. The molecule has 0 unspecified atom stereocenters. The molecule has 0 fully saturated rings. The highest BCUT2D eigenvalue weighted by molar-refractivity contribution is 6.02. The normalized spacial score (nSPS) is 10.8. The zero-order valence-corrected chi connectivity index (χ0v) is 19.0. The van der Waals surface area contributed by atoms with Gasteiger partial charge in [0, 0.05) is 24.1 Å². The van der Waals surface area contributed by atoms with Crippen LogP contribution in [0.5, 0.6) is 11.5 Å². The van der Waals surface area contributed by atoms with Gasteiger partial charge in [-0.25, -0.2) is 5.43 Å². The predicted molar refractivity (Wildman–Crippen MR) is 130 cm³/mol. The van der Waals surface area contributed by atoms with Crippen LogP contribution in [0.1, 0.15) is 42.1 Å². The van der Waals surface area contributed by atoms with E-state index in [1.54, 1.807) is 37.6 Å². The molecule has 3 aromatic carbocycles. The first-order valence-electron chi connectivity index (χ1n) is 11.0. The molecule has 3 aromatic rings. The van der Waals surface area contributed by atoms with E-state index in [0.29, 0.717) is 17.9 Å². The standard InChI is InChI=1S/C26H29N3O4/c1-3-4-17-33-24-14-11-19-7-5-6-8-22(19)23(24)18-28-29-25(30)15-16-27-26(31)20-9-12-21(32-2)13-10-20/h5-14,18H,3-4,15-17H2,1-2H3,(H,27,31)(H,29,30). The molecule has 0 atom stereocenters. The van der Waals surface area contributed by atoms with Gasteiger partial charge in [0.15, 0.2) is 0 Å². The second-order valence-corrected chi connectivity index (χ2v) is 7.43. The lowest BCUT2D eigenvalue weighted by atomic mass is 10.0. The van der Waals surface area contributed by atoms with Crippen molar-refractivity contribution in [3.63, 3.8) is 0 Å². The van der Waals surface area contributed by atoms with Crippen molar-refractivity contribution in [3.05, 3.63) is 71.8 Å². The van der Waals surface area contributed by atoms with E-state index in [0.717, 1.165) is 34.9 Å². The number of ether oxygens (including phenoxy) is 2. The smallest absolute Gasteiger partial charge is 0.251 e. The first-order valence-corrected chi connectivity index (χ1v) is 11.0. The van der Waals surface area contributed by atoms with Gasteiger partial charge in [0.1, 0.15) is 11.5 Å². The minimum Gasteiger partial charge on any atom is -0.497 e. The Kier molecular flexibility index (Phi) is 8.82. The largest absolute Gasteiger partial charge is 0.497 e. The first-order chi connectivity index (χ1) is 16.1. The topological polar surface area (TPSA) is 89.0 Å². The molecule has 2 N–H and O–H groups in total. The Morgan fingerprint density at radius 3 is 2.58 bits per heavy atom. The second-order valence-electron chi connectivity index (χ2n) is 7.43. The Hall–Kier alpha value is -3.87. The first kappa shape index (κ1) is 23.8. The number of methoxy groups -OCH3 is 1. The van der Waals surface area contributed by atoms with Gasteiger partial charge in [0.05, 0.1) is 19.9 Å². The third kappa shape index (κ3) is 6.80. The van der Waals surface area contributed by atoms with Gasteiger partial charge in [-0.15, -0.1) is 0 Å². The third-order valence-electron chi connectivity index (χ3n) is 5.06. The zero-order valence-electron chi connectivity index (χ0n) is 19.0. The van der Waals surface area contributed by atoms with Crippen molar-refractivity contribution < 1.29 is 19.1 Å². The molecular weight excluding hydrogens is 418 g/mol. The zero-order chi connectivity index (χ0) is 23.5. The molecule has 0 spiro atoms. The van der Waals surface area contributed by atoms with Gasteiger partial charge in [0.2, 0.25) is 5.91 Å². The average Bonchev–Trinajstić information content (AvgIpc) is 2.85. The lowest BCUT2D eigenvalue weighted by molar-refractivity contribution is -0.120. The van der Waals surface area contributed by atoms with E-state index in [-0.39, 0.29) is 24.8 Å². The number of nitrogens with one attached hydrogen (secondary N) is 2. The van der Waals surface area contributed by atoms with Crippen LogP contribution in [0.25, 0.3) is 10.8 Å². The molecule has 0 aliphatic heterocycles. The molecule has 3 rings (SSSR count). The summed E-state index contributed by atoms with van der Waals surface area (Å²) in [6.45, 7) is 2.93. The van der Waals surface area contributed by atoms with E-state index < -0.39 is 0 Å². The number of hydrazone groups is 1. The number of fused-ring (bicyclic) bond motifs is 1. The van der Waals surface area contributed by atoms with Crippen molar-refractivity contribution in [1.29, 1.82) is 0 Å². The van der Waals surface area contributed by atoms with Gasteiger partial charge in [-0.3, -0.25) is 9.59 Å². The fraction of sp³-hybridized carbons (Fsp3) is 0.269. The molecule has 0 aliphatic carbocycles. The lowest BCUT2D eigenvalue weighted by Gasteiger charge is -2.11. The van der Waals surface area contributed by atoms with Crippen LogP contribution >= 0.6 is 0 Å². The van der Waals surface area contributed by atoms with E-state index >= 15 is 0 Å². The highest BCUT2D eigenvalue weighted by Gasteiger charge is 2.09. The van der Waals surface area contributed by atoms with E-state index in [9.17, 15) is 9.59 Å². The highest BCUT2D eigenvalue weighted by atomic mass is 16.5. The number of amides is 2. The maximum absolute atomic E-state index is 12.2. The number of unbranched alkanes of at least 4 members (excludes halogenated alkanes) is 1. The van der Waals surface area contributed by atoms with Crippen LogP contribution in [-0.2, 0) is 4.79 Å². The average molecular weight is 448 g/mol. The van der Waals surface area contributed by atoms with Crippen LogP contribution in [-0.4, -0.2) is 38.3 Å². The Labute approximate surface area is 193 Å². The van der Waals surface area contributed by atoms with Gasteiger partial charge in [-0.2, -0.15) is 5.10 Å². The lowest BCUT2D eigenvalue weighted by Crippen LogP contribution is -2.29. The van der Waals surface area contributed by atoms with E-state index in [1.807, 2.05) is 36.4 Å². The van der Waals surface area contributed by atoms with Crippen molar-refractivity contribution in [2.75, 3.05) is 20.3 Å². The molecule has 0 bridgehead atoms. The van der Waals surface area contributed by atoms with E-state index in [4.69, 9.17) is 9.47 Å². The molecular formula is C26H29N3O4. The summed E-state index contributed by atoms with van der Waals surface area (Å²) in [5.74, 6) is 0.856. The number of carbonyl (C=O) groups is 2. The molecule has 0 aromatic heterocycles. The molecule has 0 saturated carbocycles. The molecule has 0 radical (unpaired) electrons. The Balaban J connectivity index is 1.55. The summed E-state index contributed by atoms with van der Waals surface area (Å²) in [7, 11) is 1.57. The number of hydrogen-bond donors (Lipinski definition) is 2. The highest BCUT2D eigenvalue weighted by Crippen LogP contribution is 2.27. The van der Waals surface area contributed by atoms with Crippen LogP contribution in [0.4, 0.5) is 0 Å². The summed E-state index contributed by atoms with van der Waals surface area (Å²) in [4.78, 5) is 24.3. The fourth-order valence-electron chi connectivity index (χ4n) is 3.22. The van der Waals surface area contributed by atoms with Crippen molar-refractivity contribution in [2.45, 2.75) is 26.2 Å². The quantitative estimate of drug-likeness (QED) is 0.261. The summed E-state index contributed by atoms with van der Waals surface area (Å²) < 4.78 is 11.0. The number of rotatable bonds is 11. The van der Waals surface area contributed by atoms with Crippen LogP contribution in [0.3, 0.4) is 0 Å². The van der Waals surface area contributed by atoms with E-state index in [2.05, 4.69) is 22.8 Å². The van der Waals surface area contributed by atoms with Gasteiger partial charge in [-0.1, -0.05) is 43.7 Å². The molecule has 172 valence electrons. The molecule has 7 nitrogen and oxygen atoms in total. The Morgan fingerprint density at radius 1 is 1.03 bits per heavy atom. The number of nitrogens with zero attached hydrogens (tertiary/aromatic N) is 1. The van der Waals surface area contributed by atoms with Crippen LogP contribution < -0.4 is 20.2 Å². The molecule has 0 heterocycles. The van der Waals surface area contributed by atoms with Crippen molar-refractivity contribution in [3.8, 4) is 11.5 Å². The van der Waals surface area contributed by atoms with Gasteiger partial charge >= 0.3 is 0 Å². The summed E-state index contributed by atoms with van der Waals surface area (Å²) >= 11 is 0. The molecule has 0 aliphatic rings. The Bertz CT molecular complexity index is 1110. The number of benzene rings is 3. The maximum Gasteiger partial charge on any atom is 0.251 e. The van der Waals surface area contributed by atoms with Crippen molar-refractivity contribution in [2.24, 2.45) is 5.10 Å². The van der Waals surface area contributed by atoms with Crippen LogP contribution in [0.15, 0.2) is 65.8 Å². The number of carbonyl (C=O) groups excluding carboxylic acids is 2. The molecule has 7 heteroatoms. The van der Waals surface area contributed by atoms with Gasteiger partial charge < -0.3 is 14.8 Å². The van der Waals surface area contributed by atoms with Crippen LogP contribution in [0, 0.1) is 0 Å². The van der Waals surface area contributed by atoms with Gasteiger partial charge in [-0.05, 0) is 47.5 Å². The minimum atomic E-state index is -0.296. The van der Waals surface area contributed by atoms with Crippen LogP contribution in [0.2, 0.25) is 0 Å². The monoisotopic (exact) mass is 447 g/mol. The third-order valence-corrected chi connectivity index (χ3v) is 5.06. The van der Waals surface area contributed by atoms with E-state index in [1.165, 1.54) is 0 Å². The summed E-state index contributed by atoms with van der Waals surface area (Å²) in [5, 5.41) is 8.91. The second kappa shape index (κ2) is 12.2. The summed E-state index contributed by atoms with van der Waals surface area (Å²) in [6, 6.07) is 18.7. The molecule has 0 saturated heterocycles. The number of hydrogen-bond acceptors (Lipinski definition) is 5. The van der Waals surface area contributed by atoms with Gasteiger partial charge in [0.25, 0.3) is 5.91 Å². The Morgan fingerprint density at radius 2 is 1.82 bits per heavy atom.